The van der Waals surface area contributed by atoms with Gasteiger partial charge in [0, 0.05) is 37.0 Å². The van der Waals surface area contributed by atoms with Crippen molar-refractivity contribution >= 4 is 0 Å². The summed E-state index contributed by atoms with van der Waals surface area (Å²) >= 11 is 0. The zero-order chi connectivity index (χ0) is 14.4. The molecule has 0 aliphatic heterocycles. The molecule has 1 saturated carbocycles. The summed E-state index contributed by atoms with van der Waals surface area (Å²) in [6, 6.07) is 0.622. The molecule has 0 spiro atoms. The van der Waals surface area contributed by atoms with Gasteiger partial charge in [0.25, 0.3) is 0 Å². The Morgan fingerprint density at radius 1 is 1.40 bits per heavy atom. The molecule has 0 saturated heterocycles. The van der Waals surface area contributed by atoms with Crippen LogP contribution in [0.25, 0.3) is 0 Å². The quantitative estimate of drug-likeness (QED) is 0.707. The summed E-state index contributed by atoms with van der Waals surface area (Å²) < 4.78 is 7.98. The van der Waals surface area contributed by atoms with E-state index in [2.05, 4.69) is 35.6 Å². The molecule has 1 aliphatic rings. The molecular weight excluding hydrogens is 250 g/mol. The van der Waals surface area contributed by atoms with Gasteiger partial charge in [-0.15, -0.1) is 0 Å². The average molecular weight is 279 g/mol. The van der Waals surface area contributed by atoms with E-state index >= 15 is 0 Å². The summed E-state index contributed by atoms with van der Waals surface area (Å²) in [5, 5.41) is 3.72. The van der Waals surface area contributed by atoms with Crippen molar-refractivity contribution in [3.05, 3.63) is 18.7 Å². The lowest BCUT2D eigenvalue weighted by Crippen LogP contribution is -2.62. The van der Waals surface area contributed by atoms with Crippen LogP contribution in [0, 0.1) is 5.41 Å². The Hall–Kier alpha value is -0.870. The van der Waals surface area contributed by atoms with Gasteiger partial charge in [0.1, 0.15) is 0 Å². The Bertz CT molecular complexity index is 379. The fourth-order valence-corrected chi connectivity index (χ4v) is 3.18. The van der Waals surface area contributed by atoms with Crippen molar-refractivity contribution in [1.29, 1.82) is 0 Å². The molecule has 2 rings (SSSR count). The number of ether oxygens (including phenoxy) is 1. The first-order valence-corrected chi connectivity index (χ1v) is 8.01. The van der Waals surface area contributed by atoms with Crippen molar-refractivity contribution in [3.63, 3.8) is 0 Å². The van der Waals surface area contributed by atoms with Crippen molar-refractivity contribution in [2.24, 2.45) is 5.41 Å². The lowest BCUT2D eigenvalue weighted by Gasteiger charge is -2.53. The smallest absolute Gasteiger partial charge is 0.0945 e. The van der Waals surface area contributed by atoms with Crippen LogP contribution in [0.2, 0.25) is 0 Å². The molecule has 1 aromatic heterocycles. The van der Waals surface area contributed by atoms with Crippen molar-refractivity contribution in [2.75, 3.05) is 13.2 Å². The van der Waals surface area contributed by atoms with Crippen LogP contribution < -0.4 is 5.32 Å². The lowest BCUT2D eigenvalue weighted by molar-refractivity contribution is -0.125. The van der Waals surface area contributed by atoms with E-state index < -0.39 is 0 Å². The minimum Gasteiger partial charge on any atom is -0.378 e. The van der Waals surface area contributed by atoms with Gasteiger partial charge in [-0.25, -0.2) is 4.98 Å². The van der Waals surface area contributed by atoms with Gasteiger partial charge in [-0.05, 0) is 39.2 Å². The standard InChI is InChI=1S/C16H29N3O/c1-4-16(3)14(12-15(16)20-5-2)18-8-6-7-10-19-11-9-17-13-19/h9,11,13-15,18H,4-8,10,12H2,1-3H3. The Balaban J connectivity index is 1.62. The monoisotopic (exact) mass is 279 g/mol. The molecule has 1 N–H and O–H groups in total. The van der Waals surface area contributed by atoms with Crippen LogP contribution in [-0.4, -0.2) is 34.8 Å². The molecule has 4 heteroatoms. The number of rotatable bonds is 9. The number of hydrogen-bond donors (Lipinski definition) is 1. The molecule has 4 nitrogen and oxygen atoms in total. The number of unbranched alkanes of at least 4 members (excludes halogenated alkanes) is 1. The Labute approximate surface area is 122 Å². The number of nitrogens with one attached hydrogen (secondary N) is 1. The van der Waals surface area contributed by atoms with E-state index in [4.69, 9.17) is 4.74 Å². The molecule has 1 aliphatic carbocycles. The van der Waals surface area contributed by atoms with Crippen LogP contribution in [0.3, 0.4) is 0 Å². The molecule has 1 heterocycles. The highest BCUT2D eigenvalue weighted by Crippen LogP contribution is 2.45. The van der Waals surface area contributed by atoms with Gasteiger partial charge in [-0.3, -0.25) is 0 Å². The molecule has 0 amide bonds. The fourth-order valence-electron chi connectivity index (χ4n) is 3.18. The topological polar surface area (TPSA) is 39.1 Å². The maximum atomic E-state index is 5.84. The molecule has 20 heavy (non-hydrogen) atoms. The van der Waals surface area contributed by atoms with Gasteiger partial charge in [0.05, 0.1) is 12.4 Å². The summed E-state index contributed by atoms with van der Waals surface area (Å²) in [5.74, 6) is 0. The Morgan fingerprint density at radius 2 is 2.25 bits per heavy atom. The van der Waals surface area contributed by atoms with Gasteiger partial charge in [-0.2, -0.15) is 0 Å². The van der Waals surface area contributed by atoms with E-state index in [0.717, 1.165) is 19.7 Å². The van der Waals surface area contributed by atoms with Gasteiger partial charge >= 0.3 is 0 Å². The number of nitrogens with zero attached hydrogens (tertiary/aromatic N) is 2. The molecule has 3 unspecified atom stereocenters. The van der Waals surface area contributed by atoms with E-state index in [0.29, 0.717) is 17.6 Å². The van der Waals surface area contributed by atoms with Crippen molar-refractivity contribution < 1.29 is 4.74 Å². The third kappa shape index (κ3) is 3.41. The fraction of sp³-hybridized carbons (Fsp3) is 0.812. The molecule has 114 valence electrons. The summed E-state index contributed by atoms with van der Waals surface area (Å²) in [7, 11) is 0. The van der Waals surface area contributed by atoms with Crippen LogP contribution in [0.4, 0.5) is 0 Å². The first kappa shape index (κ1) is 15.5. The largest absolute Gasteiger partial charge is 0.378 e. The Morgan fingerprint density at radius 3 is 2.90 bits per heavy atom. The van der Waals surface area contributed by atoms with Crippen LogP contribution in [0.1, 0.15) is 46.5 Å². The van der Waals surface area contributed by atoms with Gasteiger partial charge in [0.2, 0.25) is 0 Å². The van der Waals surface area contributed by atoms with Gasteiger partial charge < -0.3 is 14.6 Å². The second kappa shape index (κ2) is 7.23. The minimum atomic E-state index is 0.320. The molecule has 0 bridgehead atoms. The zero-order valence-electron chi connectivity index (χ0n) is 13.1. The van der Waals surface area contributed by atoms with Crippen LogP contribution in [0.15, 0.2) is 18.7 Å². The lowest BCUT2D eigenvalue weighted by atomic mass is 9.61. The van der Waals surface area contributed by atoms with E-state index in [1.54, 1.807) is 0 Å². The first-order chi connectivity index (χ1) is 9.70. The number of imidazole rings is 1. The van der Waals surface area contributed by atoms with Crippen molar-refractivity contribution in [1.82, 2.24) is 14.9 Å². The molecule has 0 radical (unpaired) electrons. The Kier molecular flexibility index (Phi) is 5.61. The maximum absolute atomic E-state index is 5.84. The number of aryl methyl sites for hydroxylation is 1. The van der Waals surface area contributed by atoms with Gasteiger partial charge in [-0.1, -0.05) is 13.8 Å². The summed E-state index contributed by atoms with van der Waals surface area (Å²) in [4.78, 5) is 4.06. The summed E-state index contributed by atoms with van der Waals surface area (Å²) in [5.41, 5.74) is 0.320. The second-order valence-corrected chi connectivity index (χ2v) is 6.05. The average Bonchev–Trinajstić information content (AvgIpc) is 2.97. The van der Waals surface area contributed by atoms with E-state index in [1.165, 1.54) is 25.7 Å². The first-order valence-electron chi connectivity index (χ1n) is 8.01. The summed E-state index contributed by atoms with van der Waals surface area (Å²) in [6.45, 7) is 9.73. The van der Waals surface area contributed by atoms with E-state index in [1.807, 2.05) is 18.7 Å². The highest BCUT2D eigenvalue weighted by Gasteiger charge is 2.50. The number of hydrogen-bond acceptors (Lipinski definition) is 3. The van der Waals surface area contributed by atoms with E-state index in [-0.39, 0.29) is 0 Å². The highest BCUT2D eigenvalue weighted by molar-refractivity contribution is 5.04. The van der Waals surface area contributed by atoms with Gasteiger partial charge in [0.15, 0.2) is 0 Å². The highest BCUT2D eigenvalue weighted by atomic mass is 16.5. The molecular formula is C16H29N3O. The van der Waals surface area contributed by atoms with Crippen LogP contribution in [-0.2, 0) is 11.3 Å². The third-order valence-corrected chi connectivity index (χ3v) is 4.90. The predicted octanol–water partition coefficient (Wildman–Crippen LogP) is 2.85. The predicted molar refractivity (Wildman–Crippen MR) is 81.7 cm³/mol. The number of aromatic nitrogens is 2. The van der Waals surface area contributed by atoms with Crippen LogP contribution >= 0.6 is 0 Å². The van der Waals surface area contributed by atoms with E-state index in [9.17, 15) is 0 Å². The van der Waals surface area contributed by atoms with Crippen molar-refractivity contribution in [3.8, 4) is 0 Å². The maximum Gasteiger partial charge on any atom is 0.0945 e. The third-order valence-electron chi connectivity index (χ3n) is 4.90. The molecule has 1 aromatic rings. The molecule has 0 aromatic carbocycles. The SMILES string of the molecule is CCOC1CC(NCCCCn2ccnc2)C1(C)CC. The van der Waals surface area contributed by atoms with Crippen molar-refractivity contribution in [2.45, 2.75) is 65.1 Å². The second-order valence-electron chi connectivity index (χ2n) is 6.05. The molecule has 3 atom stereocenters. The van der Waals surface area contributed by atoms with Crippen LogP contribution in [0.5, 0.6) is 0 Å². The minimum absolute atomic E-state index is 0.320. The normalized spacial score (nSPS) is 29.4. The zero-order valence-corrected chi connectivity index (χ0v) is 13.1. The summed E-state index contributed by atoms with van der Waals surface area (Å²) in [6.07, 6.45) is 11.0. The molecule has 1 fully saturated rings.